The molecule has 3 aromatic rings. The Balaban J connectivity index is 1.64. The molecule has 0 unspecified atom stereocenters. The standard InChI is InChI=1S/C26H23ClN2O5/c1-15-6-4-5-7-20(15)29-23(19-13-12-18(32-2)14-21(19)33-3)22-24(34-29)26(31)28(25(22)30)17-10-8-16(27)9-11-17/h4-14,22-24H,1-3H3/t22-,23-,24-/m1/s1. The van der Waals surface area contributed by atoms with Gasteiger partial charge in [-0.15, -0.1) is 0 Å². The Morgan fingerprint density at radius 2 is 1.65 bits per heavy atom. The van der Waals surface area contributed by atoms with E-state index in [-0.39, 0.29) is 5.91 Å². The average molecular weight is 479 g/mol. The van der Waals surface area contributed by atoms with Gasteiger partial charge in [0.2, 0.25) is 5.91 Å². The number of hydrogen-bond acceptors (Lipinski definition) is 6. The van der Waals surface area contributed by atoms with Gasteiger partial charge in [-0.25, -0.2) is 9.96 Å². The Morgan fingerprint density at radius 1 is 0.912 bits per heavy atom. The van der Waals surface area contributed by atoms with Crippen LogP contribution < -0.4 is 19.4 Å². The smallest absolute Gasteiger partial charge is 0.266 e. The first-order chi connectivity index (χ1) is 16.4. The maximum Gasteiger partial charge on any atom is 0.266 e. The third-order valence-corrected chi connectivity index (χ3v) is 6.56. The molecule has 0 aliphatic carbocycles. The molecular formula is C26H23ClN2O5. The number of carbonyl (C=O) groups is 2. The number of fused-ring (bicyclic) bond motifs is 1. The van der Waals surface area contributed by atoms with Crippen LogP contribution in [0.4, 0.5) is 11.4 Å². The van der Waals surface area contributed by atoms with Gasteiger partial charge in [-0.05, 0) is 55.0 Å². The van der Waals surface area contributed by atoms with Gasteiger partial charge in [0.25, 0.3) is 5.91 Å². The van der Waals surface area contributed by atoms with Crippen molar-refractivity contribution in [3.63, 3.8) is 0 Å². The molecule has 0 aromatic heterocycles. The molecule has 3 aromatic carbocycles. The highest BCUT2D eigenvalue weighted by molar-refractivity contribution is 6.31. The van der Waals surface area contributed by atoms with Crippen LogP contribution in [0.3, 0.4) is 0 Å². The Bertz CT molecular complexity index is 1260. The van der Waals surface area contributed by atoms with Crippen molar-refractivity contribution < 1.29 is 23.9 Å². The summed E-state index contributed by atoms with van der Waals surface area (Å²) in [5.74, 6) is -0.361. The normalized spacial score (nSPS) is 21.7. The van der Waals surface area contributed by atoms with Gasteiger partial charge in [0.1, 0.15) is 17.4 Å². The third kappa shape index (κ3) is 3.48. The molecule has 2 aliphatic rings. The van der Waals surface area contributed by atoms with Crippen LogP contribution in [0.1, 0.15) is 17.2 Å². The second-order valence-electron chi connectivity index (χ2n) is 8.21. The Kier molecular flexibility index (Phi) is 5.67. The third-order valence-electron chi connectivity index (χ3n) is 6.31. The molecule has 2 saturated heterocycles. The van der Waals surface area contributed by atoms with E-state index >= 15 is 0 Å². The van der Waals surface area contributed by atoms with Crippen molar-refractivity contribution in [2.45, 2.75) is 19.1 Å². The van der Waals surface area contributed by atoms with E-state index in [0.29, 0.717) is 22.2 Å². The molecular weight excluding hydrogens is 456 g/mol. The minimum atomic E-state index is -0.973. The number of methoxy groups -OCH3 is 2. The van der Waals surface area contributed by atoms with Crippen LogP contribution >= 0.6 is 11.6 Å². The zero-order valence-electron chi connectivity index (χ0n) is 18.9. The minimum Gasteiger partial charge on any atom is -0.497 e. The Morgan fingerprint density at radius 3 is 2.32 bits per heavy atom. The number of para-hydroxylation sites is 1. The number of imide groups is 1. The second-order valence-corrected chi connectivity index (χ2v) is 8.64. The molecule has 5 rings (SSSR count). The maximum absolute atomic E-state index is 13.8. The molecule has 0 radical (unpaired) electrons. The van der Waals surface area contributed by atoms with Crippen molar-refractivity contribution in [2.24, 2.45) is 5.92 Å². The SMILES string of the molecule is COc1ccc([C@@H]2[C@H]3C(=O)N(c4ccc(Cl)cc4)C(=O)[C@@H]3ON2c2ccccc2C)c(OC)c1. The van der Waals surface area contributed by atoms with E-state index in [9.17, 15) is 9.59 Å². The molecule has 0 spiro atoms. The summed E-state index contributed by atoms with van der Waals surface area (Å²) in [6.45, 7) is 1.96. The van der Waals surface area contributed by atoms with Gasteiger partial charge in [0.15, 0.2) is 6.10 Å². The van der Waals surface area contributed by atoms with Gasteiger partial charge in [-0.3, -0.25) is 14.4 Å². The molecule has 0 saturated carbocycles. The van der Waals surface area contributed by atoms with E-state index in [2.05, 4.69) is 0 Å². The molecule has 3 atom stereocenters. The van der Waals surface area contributed by atoms with Gasteiger partial charge in [-0.1, -0.05) is 29.8 Å². The van der Waals surface area contributed by atoms with Crippen molar-refractivity contribution >= 4 is 34.8 Å². The summed E-state index contributed by atoms with van der Waals surface area (Å²) in [4.78, 5) is 34.6. The van der Waals surface area contributed by atoms with E-state index < -0.39 is 24.0 Å². The summed E-state index contributed by atoms with van der Waals surface area (Å²) in [5.41, 5.74) is 2.91. The van der Waals surface area contributed by atoms with Crippen LogP contribution in [0.15, 0.2) is 66.7 Å². The lowest BCUT2D eigenvalue weighted by molar-refractivity contribution is -0.126. The number of anilines is 2. The number of ether oxygens (including phenoxy) is 2. The van der Waals surface area contributed by atoms with Crippen molar-refractivity contribution in [3.8, 4) is 11.5 Å². The molecule has 2 heterocycles. The quantitative estimate of drug-likeness (QED) is 0.494. The second kappa shape index (κ2) is 8.66. The van der Waals surface area contributed by atoms with Crippen molar-refractivity contribution in [3.05, 3.63) is 82.9 Å². The zero-order valence-corrected chi connectivity index (χ0v) is 19.7. The zero-order chi connectivity index (χ0) is 24.0. The summed E-state index contributed by atoms with van der Waals surface area (Å²) < 4.78 is 11.0. The highest BCUT2D eigenvalue weighted by Crippen LogP contribution is 2.50. The summed E-state index contributed by atoms with van der Waals surface area (Å²) in [6.07, 6.45) is -0.973. The number of benzene rings is 3. The van der Waals surface area contributed by atoms with Crippen LogP contribution in [0, 0.1) is 12.8 Å². The molecule has 174 valence electrons. The fourth-order valence-electron chi connectivity index (χ4n) is 4.66. The molecule has 34 heavy (non-hydrogen) atoms. The number of hydroxylamine groups is 1. The molecule has 2 fully saturated rings. The lowest BCUT2D eigenvalue weighted by atomic mass is 9.89. The summed E-state index contributed by atoms with van der Waals surface area (Å²) >= 11 is 6.01. The number of aryl methyl sites for hydroxylation is 1. The van der Waals surface area contributed by atoms with Gasteiger partial charge < -0.3 is 9.47 Å². The molecule has 7 nitrogen and oxygen atoms in total. The lowest BCUT2D eigenvalue weighted by Crippen LogP contribution is -2.37. The monoisotopic (exact) mass is 478 g/mol. The predicted octanol–water partition coefficient (Wildman–Crippen LogP) is 4.72. The number of halogens is 1. The fraction of sp³-hybridized carbons (Fsp3) is 0.231. The summed E-state index contributed by atoms with van der Waals surface area (Å²) in [6, 6.07) is 19.1. The first kappa shape index (κ1) is 22.3. The van der Waals surface area contributed by atoms with Crippen LogP contribution in [-0.2, 0) is 14.4 Å². The molecule has 0 bridgehead atoms. The van der Waals surface area contributed by atoms with E-state index in [4.69, 9.17) is 25.9 Å². The van der Waals surface area contributed by atoms with Gasteiger partial charge in [0, 0.05) is 16.7 Å². The number of rotatable bonds is 5. The first-order valence-corrected chi connectivity index (χ1v) is 11.2. The van der Waals surface area contributed by atoms with Crippen molar-refractivity contribution in [1.29, 1.82) is 0 Å². The largest absolute Gasteiger partial charge is 0.497 e. The van der Waals surface area contributed by atoms with Crippen LogP contribution in [-0.4, -0.2) is 32.1 Å². The van der Waals surface area contributed by atoms with E-state index in [1.165, 1.54) is 4.90 Å². The van der Waals surface area contributed by atoms with Gasteiger partial charge in [0.05, 0.1) is 31.6 Å². The summed E-state index contributed by atoms with van der Waals surface area (Å²) in [5, 5.41) is 2.19. The topological polar surface area (TPSA) is 68.3 Å². The van der Waals surface area contributed by atoms with Crippen LogP contribution in [0.5, 0.6) is 11.5 Å². The first-order valence-electron chi connectivity index (χ1n) is 10.8. The fourth-order valence-corrected chi connectivity index (χ4v) is 4.78. The van der Waals surface area contributed by atoms with Crippen molar-refractivity contribution in [2.75, 3.05) is 24.2 Å². The number of hydrogen-bond donors (Lipinski definition) is 0. The van der Waals surface area contributed by atoms with E-state index in [0.717, 1.165) is 16.8 Å². The summed E-state index contributed by atoms with van der Waals surface area (Å²) in [7, 11) is 3.14. The number of nitrogens with zero attached hydrogens (tertiary/aromatic N) is 2. The minimum absolute atomic E-state index is 0.337. The molecule has 0 N–H and O–H groups in total. The average Bonchev–Trinajstić information content (AvgIpc) is 3.35. The Hall–Kier alpha value is -3.55. The van der Waals surface area contributed by atoms with Crippen molar-refractivity contribution in [1.82, 2.24) is 0 Å². The molecule has 2 aliphatic heterocycles. The predicted molar refractivity (Wildman–Crippen MR) is 128 cm³/mol. The van der Waals surface area contributed by atoms with Gasteiger partial charge in [-0.2, -0.15) is 0 Å². The van der Waals surface area contributed by atoms with Crippen LogP contribution in [0.2, 0.25) is 5.02 Å². The number of amides is 2. The molecule has 8 heteroatoms. The maximum atomic E-state index is 13.8. The lowest BCUT2D eigenvalue weighted by Gasteiger charge is -2.30. The van der Waals surface area contributed by atoms with Gasteiger partial charge >= 0.3 is 0 Å². The Labute approximate surface area is 202 Å². The highest BCUT2D eigenvalue weighted by Gasteiger charge is 2.60. The van der Waals surface area contributed by atoms with E-state index in [1.807, 2.05) is 37.3 Å². The highest BCUT2D eigenvalue weighted by atomic mass is 35.5. The number of carbonyl (C=O) groups excluding carboxylic acids is 2. The van der Waals surface area contributed by atoms with E-state index in [1.54, 1.807) is 55.7 Å². The molecule has 2 amide bonds. The van der Waals surface area contributed by atoms with Crippen LogP contribution in [0.25, 0.3) is 0 Å².